The van der Waals surface area contributed by atoms with E-state index >= 15 is 0 Å². The number of carbonyl (C=O) groups is 1. The van der Waals surface area contributed by atoms with Crippen molar-refractivity contribution in [3.63, 3.8) is 0 Å². The number of benzene rings is 2. The summed E-state index contributed by atoms with van der Waals surface area (Å²) >= 11 is 0. The van der Waals surface area contributed by atoms with Crippen molar-refractivity contribution in [3.05, 3.63) is 78.2 Å². The van der Waals surface area contributed by atoms with Crippen LogP contribution in [-0.4, -0.2) is 49.1 Å². The third-order valence-electron chi connectivity index (χ3n) is 6.13. The Bertz CT molecular complexity index is 1380. The first-order chi connectivity index (χ1) is 17.3. The molecule has 10 heteroatoms. The van der Waals surface area contributed by atoms with Gasteiger partial charge in [-0.3, -0.25) is 4.79 Å². The third-order valence-corrected chi connectivity index (χ3v) is 6.13. The van der Waals surface area contributed by atoms with Crippen LogP contribution in [0.4, 0.5) is 30.4 Å². The van der Waals surface area contributed by atoms with Crippen molar-refractivity contribution in [2.75, 3.05) is 43.5 Å². The topological polar surface area (TPSA) is 70.8 Å². The van der Waals surface area contributed by atoms with Crippen LogP contribution in [0.25, 0.3) is 11.0 Å². The fourth-order valence-electron chi connectivity index (χ4n) is 4.19. The molecule has 186 valence electrons. The van der Waals surface area contributed by atoms with Crippen LogP contribution in [0, 0.1) is 0 Å². The summed E-state index contributed by atoms with van der Waals surface area (Å²) in [6.07, 6.45) is -2.87. The molecule has 4 aromatic rings. The predicted octanol–water partition coefficient (Wildman–Crippen LogP) is 5.56. The van der Waals surface area contributed by atoms with E-state index in [0.29, 0.717) is 43.3 Å². The summed E-state index contributed by atoms with van der Waals surface area (Å²) < 4.78 is 50.0. The summed E-state index contributed by atoms with van der Waals surface area (Å²) in [5.41, 5.74) is 1.31. The Morgan fingerprint density at radius 1 is 1.03 bits per heavy atom. The average Bonchev–Trinajstić information content (AvgIpc) is 3.38. The molecule has 0 unspecified atom stereocenters. The minimum Gasteiger partial charge on any atom is -0.497 e. The summed E-state index contributed by atoms with van der Waals surface area (Å²) in [4.78, 5) is 21.4. The summed E-state index contributed by atoms with van der Waals surface area (Å²) in [6, 6.07) is 15.9. The maximum atomic E-state index is 13.3. The van der Waals surface area contributed by atoms with Gasteiger partial charge in [-0.1, -0.05) is 6.07 Å². The van der Waals surface area contributed by atoms with Gasteiger partial charge >= 0.3 is 6.18 Å². The number of hydrogen-bond donors (Lipinski definition) is 1. The SMILES string of the molecule is COc1ccc(Nc2nc(C(=O)N3CCN(c4cccc(C(F)(F)F)c4)CC3)cc3occc23)cc1. The van der Waals surface area contributed by atoms with Crippen molar-refractivity contribution < 1.29 is 27.1 Å². The van der Waals surface area contributed by atoms with Crippen LogP contribution < -0.4 is 15.0 Å². The van der Waals surface area contributed by atoms with Gasteiger partial charge < -0.3 is 24.3 Å². The lowest BCUT2D eigenvalue weighted by atomic mass is 10.1. The van der Waals surface area contributed by atoms with Gasteiger partial charge in [0.2, 0.25) is 0 Å². The Hall–Kier alpha value is -4.21. The van der Waals surface area contributed by atoms with Crippen LogP contribution in [0.2, 0.25) is 0 Å². The van der Waals surface area contributed by atoms with Crippen molar-refractivity contribution in [2.45, 2.75) is 6.18 Å². The van der Waals surface area contributed by atoms with Crippen LogP contribution in [0.1, 0.15) is 16.1 Å². The molecule has 0 bridgehead atoms. The number of anilines is 3. The molecule has 1 aliphatic rings. The zero-order chi connectivity index (χ0) is 25.3. The van der Waals surface area contributed by atoms with E-state index in [1.54, 1.807) is 30.2 Å². The minimum absolute atomic E-state index is 0.223. The number of ether oxygens (including phenoxy) is 1. The summed E-state index contributed by atoms with van der Waals surface area (Å²) in [6.45, 7) is 1.53. The van der Waals surface area contributed by atoms with E-state index in [-0.39, 0.29) is 11.6 Å². The van der Waals surface area contributed by atoms with Crippen LogP contribution >= 0.6 is 0 Å². The number of hydrogen-bond acceptors (Lipinski definition) is 6. The maximum Gasteiger partial charge on any atom is 0.416 e. The van der Waals surface area contributed by atoms with Gasteiger partial charge in [-0.15, -0.1) is 0 Å². The summed E-state index contributed by atoms with van der Waals surface area (Å²) in [7, 11) is 1.59. The van der Waals surface area contributed by atoms with Gasteiger partial charge in [0.1, 0.15) is 22.8 Å². The number of pyridine rings is 1. The lowest BCUT2D eigenvalue weighted by Gasteiger charge is -2.36. The Morgan fingerprint density at radius 2 is 1.78 bits per heavy atom. The highest BCUT2D eigenvalue weighted by Gasteiger charge is 2.31. The second-order valence-corrected chi connectivity index (χ2v) is 8.37. The number of piperazine rings is 1. The summed E-state index contributed by atoms with van der Waals surface area (Å²) in [5.74, 6) is 0.933. The van der Waals surface area contributed by atoms with E-state index in [0.717, 1.165) is 29.0 Å². The van der Waals surface area contributed by atoms with Gasteiger partial charge in [0.15, 0.2) is 0 Å². The number of halogens is 3. The fourth-order valence-corrected chi connectivity index (χ4v) is 4.19. The van der Waals surface area contributed by atoms with E-state index in [4.69, 9.17) is 9.15 Å². The number of nitrogens with one attached hydrogen (secondary N) is 1. The Kier molecular flexibility index (Phi) is 6.17. The Balaban J connectivity index is 1.32. The zero-order valence-corrected chi connectivity index (χ0v) is 19.4. The molecule has 1 fully saturated rings. The Morgan fingerprint density at radius 3 is 2.47 bits per heavy atom. The molecule has 0 spiro atoms. The molecule has 7 nitrogen and oxygen atoms in total. The molecular weight excluding hydrogens is 473 g/mol. The molecular formula is C26H23F3N4O3. The molecule has 36 heavy (non-hydrogen) atoms. The van der Waals surface area contributed by atoms with Crippen LogP contribution in [0.3, 0.4) is 0 Å². The number of rotatable bonds is 5. The lowest BCUT2D eigenvalue weighted by Crippen LogP contribution is -2.49. The number of carbonyl (C=O) groups excluding carboxylic acids is 1. The van der Waals surface area contributed by atoms with Gasteiger partial charge in [-0.25, -0.2) is 4.98 Å². The lowest BCUT2D eigenvalue weighted by molar-refractivity contribution is -0.137. The van der Waals surface area contributed by atoms with Gasteiger partial charge in [-0.2, -0.15) is 13.2 Å². The van der Waals surface area contributed by atoms with E-state index in [9.17, 15) is 18.0 Å². The van der Waals surface area contributed by atoms with Crippen molar-refractivity contribution >= 4 is 34.1 Å². The molecule has 3 heterocycles. The van der Waals surface area contributed by atoms with Gasteiger partial charge in [0, 0.05) is 43.6 Å². The van der Waals surface area contributed by atoms with E-state index in [2.05, 4.69) is 10.3 Å². The van der Waals surface area contributed by atoms with Crippen LogP contribution in [0.5, 0.6) is 5.75 Å². The number of alkyl halides is 3. The first-order valence-corrected chi connectivity index (χ1v) is 11.3. The fraction of sp³-hybridized carbons (Fsp3) is 0.231. The molecule has 1 amide bonds. The molecule has 0 aliphatic carbocycles. The number of furan rings is 1. The third kappa shape index (κ3) is 4.79. The van der Waals surface area contributed by atoms with Crippen molar-refractivity contribution in [1.29, 1.82) is 0 Å². The minimum atomic E-state index is -4.40. The first kappa shape index (κ1) is 23.5. The highest BCUT2D eigenvalue weighted by Crippen LogP contribution is 2.32. The highest BCUT2D eigenvalue weighted by atomic mass is 19.4. The predicted molar refractivity (Wildman–Crippen MR) is 130 cm³/mol. The zero-order valence-electron chi connectivity index (χ0n) is 19.4. The van der Waals surface area contributed by atoms with Crippen molar-refractivity contribution in [1.82, 2.24) is 9.88 Å². The molecule has 1 aliphatic heterocycles. The molecule has 1 N–H and O–H groups in total. The largest absolute Gasteiger partial charge is 0.497 e. The molecule has 0 atom stereocenters. The van der Waals surface area contributed by atoms with E-state index < -0.39 is 11.7 Å². The van der Waals surface area contributed by atoms with Gasteiger partial charge in [-0.05, 0) is 48.5 Å². The molecule has 2 aromatic heterocycles. The van der Waals surface area contributed by atoms with E-state index in [1.165, 1.54) is 12.3 Å². The van der Waals surface area contributed by atoms with Gasteiger partial charge in [0.05, 0.1) is 24.3 Å². The molecule has 1 saturated heterocycles. The van der Waals surface area contributed by atoms with Crippen LogP contribution in [-0.2, 0) is 6.18 Å². The number of fused-ring (bicyclic) bond motifs is 1. The first-order valence-electron chi connectivity index (χ1n) is 11.3. The number of nitrogens with zero attached hydrogens (tertiary/aromatic N) is 3. The second kappa shape index (κ2) is 9.44. The molecule has 0 radical (unpaired) electrons. The number of methoxy groups -OCH3 is 1. The molecule has 0 saturated carbocycles. The molecule has 5 rings (SSSR count). The standard InChI is InChI=1S/C26H23F3N4O3/c1-35-20-7-5-18(6-8-20)30-24-21-9-14-36-23(21)16-22(31-24)25(34)33-12-10-32(11-13-33)19-4-2-3-17(15-19)26(27,28)29/h2-9,14-16H,10-13H2,1H3,(H,30,31). The monoisotopic (exact) mass is 496 g/mol. The molecule has 2 aromatic carbocycles. The van der Waals surface area contributed by atoms with E-state index in [1.807, 2.05) is 29.2 Å². The van der Waals surface area contributed by atoms with Crippen molar-refractivity contribution in [3.8, 4) is 5.75 Å². The normalized spacial score (nSPS) is 14.2. The number of aromatic nitrogens is 1. The quantitative estimate of drug-likeness (QED) is 0.390. The average molecular weight is 496 g/mol. The van der Waals surface area contributed by atoms with Gasteiger partial charge in [0.25, 0.3) is 5.91 Å². The number of amides is 1. The Labute approximate surface area is 205 Å². The van der Waals surface area contributed by atoms with Crippen LogP contribution in [0.15, 0.2) is 71.3 Å². The van der Waals surface area contributed by atoms with Crippen molar-refractivity contribution in [2.24, 2.45) is 0 Å². The maximum absolute atomic E-state index is 13.3. The second-order valence-electron chi connectivity index (χ2n) is 8.37. The highest BCUT2D eigenvalue weighted by molar-refractivity contribution is 5.99. The summed E-state index contributed by atoms with van der Waals surface area (Å²) in [5, 5.41) is 3.96. The smallest absolute Gasteiger partial charge is 0.416 e.